The zero-order chi connectivity index (χ0) is 15.3. The maximum Gasteiger partial charge on any atom is 0.453 e. The average molecular weight is 300 g/mol. The number of hydrogen-bond donors (Lipinski definition) is 1. The van der Waals surface area contributed by atoms with E-state index in [1.165, 1.54) is 6.07 Å². The van der Waals surface area contributed by atoms with Gasteiger partial charge in [0, 0.05) is 25.2 Å². The van der Waals surface area contributed by atoms with Gasteiger partial charge in [-0.3, -0.25) is 0 Å². The van der Waals surface area contributed by atoms with E-state index in [-0.39, 0.29) is 11.2 Å². The van der Waals surface area contributed by atoms with Crippen LogP contribution in [0.1, 0.15) is 19.7 Å². The molecule has 0 amide bonds. The predicted molar refractivity (Wildman–Crippen MR) is 70.1 cm³/mol. The highest BCUT2D eigenvalue weighted by Crippen LogP contribution is 2.29. The van der Waals surface area contributed by atoms with Crippen molar-refractivity contribution in [2.45, 2.75) is 25.6 Å². The molecule has 3 rings (SSSR count). The first-order valence-corrected chi connectivity index (χ1v) is 6.57. The number of alkyl halides is 3. The lowest BCUT2D eigenvalue weighted by Crippen LogP contribution is -2.58. The number of piperazine rings is 1. The Morgan fingerprint density at radius 3 is 2.67 bits per heavy atom. The maximum atomic E-state index is 12.9. The third-order valence-electron chi connectivity index (χ3n) is 3.58. The largest absolute Gasteiger partial charge is 0.453 e. The van der Waals surface area contributed by atoms with Gasteiger partial charge in [-0.05, 0) is 26.0 Å². The van der Waals surface area contributed by atoms with Gasteiger partial charge in [0.25, 0.3) is 5.82 Å². The molecule has 1 N–H and O–H groups in total. The van der Waals surface area contributed by atoms with Crippen molar-refractivity contribution >= 4 is 11.5 Å². The second kappa shape index (κ2) is 4.55. The average Bonchev–Trinajstić information content (AvgIpc) is 2.80. The van der Waals surface area contributed by atoms with Gasteiger partial charge in [-0.15, -0.1) is 15.3 Å². The van der Waals surface area contributed by atoms with Crippen LogP contribution in [-0.4, -0.2) is 45.0 Å². The Labute approximate surface area is 119 Å². The molecule has 1 fully saturated rings. The highest BCUT2D eigenvalue weighted by Gasteiger charge is 2.38. The van der Waals surface area contributed by atoms with Crippen molar-refractivity contribution < 1.29 is 13.2 Å². The fourth-order valence-electron chi connectivity index (χ4n) is 2.51. The summed E-state index contributed by atoms with van der Waals surface area (Å²) in [4.78, 5) is 1.99. The van der Waals surface area contributed by atoms with Crippen molar-refractivity contribution in [2.75, 3.05) is 24.5 Å². The normalized spacial score (nSPS) is 19.2. The third kappa shape index (κ3) is 2.41. The summed E-state index contributed by atoms with van der Waals surface area (Å²) >= 11 is 0. The molecule has 0 spiro atoms. The summed E-state index contributed by atoms with van der Waals surface area (Å²) in [5.74, 6) is -0.619. The zero-order valence-electron chi connectivity index (χ0n) is 11.6. The number of anilines is 1. The molecular formula is C12H15F3N6. The van der Waals surface area contributed by atoms with Crippen LogP contribution in [0.2, 0.25) is 0 Å². The van der Waals surface area contributed by atoms with Crippen molar-refractivity contribution in [3.05, 3.63) is 18.0 Å². The van der Waals surface area contributed by atoms with Crippen LogP contribution in [0.3, 0.4) is 0 Å². The van der Waals surface area contributed by atoms with Gasteiger partial charge in [0.05, 0.1) is 0 Å². The van der Waals surface area contributed by atoms with E-state index >= 15 is 0 Å². The third-order valence-corrected chi connectivity index (χ3v) is 3.58. The second-order valence-electron chi connectivity index (χ2n) is 5.62. The molecule has 0 bridgehead atoms. The van der Waals surface area contributed by atoms with E-state index in [0.717, 1.165) is 17.6 Å². The fourth-order valence-corrected chi connectivity index (χ4v) is 2.51. The lowest BCUT2D eigenvalue weighted by atomic mass is 10.0. The smallest absolute Gasteiger partial charge is 0.348 e. The summed E-state index contributed by atoms with van der Waals surface area (Å²) < 4.78 is 39.4. The van der Waals surface area contributed by atoms with Gasteiger partial charge < -0.3 is 10.2 Å². The van der Waals surface area contributed by atoms with Crippen LogP contribution < -0.4 is 10.2 Å². The first-order chi connectivity index (χ1) is 9.79. The molecule has 0 aromatic carbocycles. The Kier molecular flexibility index (Phi) is 3.05. The minimum atomic E-state index is -4.58. The summed E-state index contributed by atoms with van der Waals surface area (Å²) in [6.07, 6.45) is -4.58. The van der Waals surface area contributed by atoms with Crippen LogP contribution >= 0.6 is 0 Å². The summed E-state index contributed by atoms with van der Waals surface area (Å²) in [7, 11) is 0. The number of halogens is 3. The number of nitrogens with zero attached hydrogens (tertiary/aromatic N) is 5. The van der Waals surface area contributed by atoms with Crippen molar-refractivity contribution in [3.63, 3.8) is 0 Å². The van der Waals surface area contributed by atoms with Crippen molar-refractivity contribution in [2.24, 2.45) is 0 Å². The Balaban J connectivity index is 2.08. The van der Waals surface area contributed by atoms with Gasteiger partial charge in [-0.2, -0.15) is 17.7 Å². The number of rotatable bonds is 1. The van der Waals surface area contributed by atoms with E-state index in [1.807, 2.05) is 18.7 Å². The summed E-state index contributed by atoms with van der Waals surface area (Å²) in [5.41, 5.74) is -0.148. The first-order valence-electron chi connectivity index (χ1n) is 6.57. The van der Waals surface area contributed by atoms with Crippen LogP contribution in [0.5, 0.6) is 0 Å². The maximum absolute atomic E-state index is 12.9. The van der Waals surface area contributed by atoms with Crippen molar-refractivity contribution in [1.29, 1.82) is 0 Å². The van der Waals surface area contributed by atoms with Gasteiger partial charge in [0.2, 0.25) is 0 Å². The predicted octanol–water partition coefficient (Wildman–Crippen LogP) is 1.33. The quantitative estimate of drug-likeness (QED) is 0.861. The number of aromatic nitrogens is 4. The molecule has 0 atom stereocenters. The molecule has 0 unspecified atom stereocenters. The zero-order valence-corrected chi connectivity index (χ0v) is 11.6. The highest BCUT2D eigenvalue weighted by atomic mass is 19.4. The molecule has 1 aliphatic rings. The number of nitrogens with one attached hydrogen (secondary N) is 1. The van der Waals surface area contributed by atoms with Crippen molar-refractivity contribution in [3.8, 4) is 0 Å². The molecule has 6 nitrogen and oxygen atoms in total. The number of hydrogen-bond acceptors (Lipinski definition) is 5. The SMILES string of the molecule is CC1(C)CNCCN1c1ccc2nnc(C(F)(F)F)n2n1. The Morgan fingerprint density at radius 1 is 1.24 bits per heavy atom. The van der Waals surface area contributed by atoms with E-state index in [0.29, 0.717) is 12.4 Å². The molecular weight excluding hydrogens is 285 g/mol. The second-order valence-corrected chi connectivity index (χ2v) is 5.62. The highest BCUT2D eigenvalue weighted by molar-refractivity contribution is 5.48. The number of fused-ring (bicyclic) bond motifs is 1. The van der Waals surface area contributed by atoms with E-state index in [9.17, 15) is 13.2 Å². The molecule has 0 aliphatic carbocycles. The van der Waals surface area contributed by atoms with Gasteiger partial charge >= 0.3 is 6.18 Å². The Morgan fingerprint density at radius 2 is 2.00 bits per heavy atom. The van der Waals surface area contributed by atoms with Gasteiger partial charge in [-0.1, -0.05) is 0 Å². The van der Waals surface area contributed by atoms with Crippen LogP contribution in [0, 0.1) is 0 Å². The topological polar surface area (TPSA) is 58.3 Å². The lowest BCUT2D eigenvalue weighted by molar-refractivity contribution is -0.146. The molecule has 21 heavy (non-hydrogen) atoms. The molecule has 0 saturated carbocycles. The van der Waals surface area contributed by atoms with Gasteiger partial charge in [0.15, 0.2) is 5.65 Å². The molecule has 2 aromatic rings. The Bertz CT molecular complexity index is 663. The van der Waals surface area contributed by atoms with Gasteiger partial charge in [-0.25, -0.2) is 0 Å². The molecule has 1 aliphatic heterocycles. The van der Waals surface area contributed by atoms with Crippen molar-refractivity contribution in [1.82, 2.24) is 25.1 Å². The van der Waals surface area contributed by atoms with Gasteiger partial charge in [0.1, 0.15) is 5.82 Å². The fraction of sp³-hybridized carbons (Fsp3) is 0.583. The Hall–Kier alpha value is -1.90. The first kappa shape index (κ1) is 14.1. The minimum Gasteiger partial charge on any atom is -0.348 e. The van der Waals surface area contributed by atoms with Crippen LogP contribution in [0.15, 0.2) is 12.1 Å². The molecule has 1 saturated heterocycles. The van der Waals surface area contributed by atoms with E-state index in [2.05, 4.69) is 20.6 Å². The monoisotopic (exact) mass is 300 g/mol. The van der Waals surface area contributed by atoms with Crippen LogP contribution in [0.4, 0.5) is 19.0 Å². The summed E-state index contributed by atoms with van der Waals surface area (Å²) in [6, 6.07) is 3.18. The van der Waals surface area contributed by atoms with Crippen LogP contribution in [0.25, 0.3) is 5.65 Å². The molecule has 114 valence electrons. The summed E-state index contributed by atoms with van der Waals surface area (Å²) in [5, 5.41) is 14.0. The van der Waals surface area contributed by atoms with E-state index < -0.39 is 12.0 Å². The van der Waals surface area contributed by atoms with Crippen LogP contribution in [-0.2, 0) is 6.18 Å². The standard InChI is InChI=1S/C12H15F3N6/c1-11(2)7-16-5-6-20(11)9-4-3-8-17-18-10(12(13,14)15)21(8)19-9/h3-4,16H,5-7H2,1-2H3. The molecule has 9 heteroatoms. The molecule has 2 aromatic heterocycles. The lowest BCUT2D eigenvalue weighted by Gasteiger charge is -2.43. The molecule has 3 heterocycles. The summed E-state index contributed by atoms with van der Waals surface area (Å²) in [6.45, 7) is 6.21. The minimum absolute atomic E-state index is 0.0824. The molecule has 0 radical (unpaired) electrons. The van der Waals surface area contributed by atoms with E-state index in [1.54, 1.807) is 6.07 Å². The van der Waals surface area contributed by atoms with E-state index in [4.69, 9.17) is 0 Å².